The number of aryl methyl sites for hydroxylation is 1. The maximum absolute atomic E-state index is 5.13. The Labute approximate surface area is 251 Å². The molecule has 0 aliphatic carbocycles. The Morgan fingerprint density at radius 3 is 1.53 bits per heavy atom. The predicted octanol–water partition coefficient (Wildman–Crippen LogP) is 11.0. The molecule has 0 fully saturated rings. The van der Waals surface area contributed by atoms with Gasteiger partial charge in [-0.2, -0.15) is 0 Å². The lowest BCUT2D eigenvalue weighted by Gasteiger charge is -2.18. The Morgan fingerprint density at radius 2 is 0.930 bits per heavy atom. The van der Waals surface area contributed by atoms with E-state index < -0.39 is 0 Å². The third kappa shape index (κ3) is 4.23. The van der Waals surface area contributed by atoms with Gasteiger partial charge >= 0.3 is 0 Å². The second kappa shape index (κ2) is 10.4. The number of hydrogen-bond acceptors (Lipinski definition) is 1. The van der Waals surface area contributed by atoms with Gasteiger partial charge in [0, 0.05) is 12.1 Å². The van der Waals surface area contributed by atoms with Crippen LogP contribution in [-0.4, -0.2) is 9.55 Å². The van der Waals surface area contributed by atoms with Gasteiger partial charge in [-0.25, -0.2) is 4.98 Å². The Hall–Kier alpha value is -5.47. The van der Waals surface area contributed by atoms with Gasteiger partial charge in [0.05, 0.1) is 11.0 Å². The fourth-order valence-corrected chi connectivity index (χ4v) is 6.63. The van der Waals surface area contributed by atoms with E-state index in [1.807, 2.05) is 0 Å². The van der Waals surface area contributed by atoms with E-state index in [0.717, 1.165) is 29.0 Å². The van der Waals surface area contributed by atoms with Crippen molar-refractivity contribution in [3.63, 3.8) is 0 Å². The van der Waals surface area contributed by atoms with E-state index in [0.29, 0.717) is 0 Å². The minimum absolute atomic E-state index is 0.867. The standard InChI is InChI=1S/C41H30N2/c1-2-43-38-25-23-32(27-37(38)42-41(43)30-18-10-5-11-19-30)31-22-24-35-36(26-31)40(29-16-8-4-9-17-29)34-21-13-12-20-33(34)39(35)28-14-6-3-7-15-28/h3-27H,2H2,1H3. The third-order valence-electron chi connectivity index (χ3n) is 8.58. The van der Waals surface area contributed by atoms with Crippen LogP contribution in [0.3, 0.4) is 0 Å². The van der Waals surface area contributed by atoms with Gasteiger partial charge in [-0.3, -0.25) is 0 Å². The highest BCUT2D eigenvalue weighted by Crippen LogP contribution is 2.44. The molecule has 0 aliphatic rings. The van der Waals surface area contributed by atoms with Crippen LogP contribution in [0.1, 0.15) is 6.92 Å². The maximum Gasteiger partial charge on any atom is 0.141 e. The topological polar surface area (TPSA) is 17.8 Å². The molecule has 8 rings (SSSR count). The van der Waals surface area contributed by atoms with E-state index in [2.05, 4.69) is 163 Å². The van der Waals surface area contributed by atoms with Gasteiger partial charge < -0.3 is 4.57 Å². The van der Waals surface area contributed by atoms with Gasteiger partial charge in [-0.1, -0.05) is 133 Å². The van der Waals surface area contributed by atoms with Crippen LogP contribution < -0.4 is 0 Å². The van der Waals surface area contributed by atoms with Crippen molar-refractivity contribution in [1.29, 1.82) is 0 Å². The van der Waals surface area contributed by atoms with Crippen LogP contribution in [0.5, 0.6) is 0 Å². The Bertz CT molecular complexity index is 2250. The summed E-state index contributed by atoms with van der Waals surface area (Å²) in [5.74, 6) is 1.01. The Balaban J connectivity index is 1.39. The van der Waals surface area contributed by atoms with Crippen LogP contribution in [0, 0.1) is 0 Å². The molecular formula is C41H30N2. The zero-order valence-electron chi connectivity index (χ0n) is 24.0. The molecule has 7 aromatic carbocycles. The summed E-state index contributed by atoms with van der Waals surface area (Å²) in [7, 11) is 0. The zero-order chi connectivity index (χ0) is 28.8. The average Bonchev–Trinajstić information content (AvgIpc) is 3.46. The van der Waals surface area contributed by atoms with Crippen LogP contribution >= 0.6 is 0 Å². The maximum atomic E-state index is 5.13. The zero-order valence-corrected chi connectivity index (χ0v) is 24.0. The first-order valence-electron chi connectivity index (χ1n) is 15.0. The number of fused-ring (bicyclic) bond motifs is 3. The number of benzene rings is 7. The summed E-state index contributed by atoms with van der Waals surface area (Å²) in [4.78, 5) is 5.13. The van der Waals surface area contributed by atoms with Crippen LogP contribution in [0.15, 0.2) is 152 Å². The molecule has 204 valence electrons. The summed E-state index contributed by atoms with van der Waals surface area (Å²) in [5, 5.41) is 5.05. The van der Waals surface area contributed by atoms with Crippen molar-refractivity contribution < 1.29 is 0 Å². The van der Waals surface area contributed by atoms with E-state index >= 15 is 0 Å². The van der Waals surface area contributed by atoms with E-state index in [9.17, 15) is 0 Å². The quantitative estimate of drug-likeness (QED) is 0.195. The van der Waals surface area contributed by atoms with Crippen LogP contribution in [-0.2, 0) is 6.54 Å². The average molecular weight is 551 g/mol. The van der Waals surface area contributed by atoms with Crippen molar-refractivity contribution in [3.05, 3.63) is 152 Å². The van der Waals surface area contributed by atoms with Crippen molar-refractivity contribution in [2.45, 2.75) is 13.5 Å². The molecule has 43 heavy (non-hydrogen) atoms. The van der Waals surface area contributed by atoms with Crippen molar-refractivity contribution in [2.75, 3.05) is 0 Å². The molecule has 0 amide bonds. The first-order valence-corrected chi connectivity index (χ1v) is 15.0. The highest BCUT2D eigenvalue weighted by molar-refractivity contribution is 6.22. The molecule has 0 atom stereocenters. The number of hydrogen-bond donors (Lipinski definition) is 0. The van der Waals surface area contributed by atoms with Gasteiger partial charge in [0.15, 0.2) is 0 Å². The first-order chi connectivity index (χ1) is 21.3. The highest BCUT2D eigenvalue weighted by Gasteiger charge is 2.18. The molecule has 0 N–H and O–H groups in total. The molecule has 0 radical (unpaired) electrons. The van der Waals surface area contributed by atoms with Crippen molar-refractivity contribution in [3.8, 4) is 44.8 Å². The van der Waals surface area contributed by atoms with Gasteiger partial charge in [0.25, 0.3) is 0 Å². The largest absolute Gasteiger partial charge is 0.324 e. The number of rotatable bonds is 5. The SMILES string of the molecule is CCn1c(-c2ccccc2)nc2cc(-c3ccc4c(-c5ccccc5)c5ccccc5c(-c5ccccc5)c4c3)ccc21. The van der Waals surface area contributed by atoms with Crippen molar-refractivity contribution in [2.24, 2.45) is 0 Å². The molecule has 1 heterocycles. The van der Waals surface area contributed by atoms with Gasteiger partial charge in [-0.05, 0) is 80.0 Å². The molecule has 0 unspecified atom stereocenters. The summed E-state index contributed by atoms with van der Waals surface area (Å²) in [6.45, 7) is 3.05. The molecule has 1 aromatic heterocycles. The lowest BCUT2D eigenvalue weighted by Crippen LogP contribution is -1.97. The lowest BCUT2D eigenvalue weighted by molar-refractivity contribution is 0.796. The summed E-state index contributed by atoms with van der Waals surface area (Å²) >= 11 is 0. The third-order valence-corrected chi connectivity index (χ3v) is 8.58. The minimum atomic E-state index is 0.867. The summed E-state index contributed by atoms with van der Waals surface area (Å²) in [6.07, 6.45) is 0. The number of nitrogens with zero attached hydrogens (tertiary/aromatic N) is 2. The van der Waals surface area contributed by atoms with Crippen molar-refractivity contribution in [1.82, 2.24) is 9.55 Å². The second-order valence-electron chi connectivity index (χ2n) is 11.0. The first kappa shape index (κ1) is 25.3. The molecule has 2 nitrogen and oxygen atoms in total. The van der Waals surface area contributed by atoms with E-state index in [1.54, 1.807) is 0 Å². The molecule has 0 saturated heterocycles. The molecular weight excluding hydrogens is 520 g/mol. The fourth-order valence-electron chi connectivity index (χ4n) is 6.63. The monoisotopic (exact) mass is 550 g/mol. The number of imidazole rings is 1. The second-order valence-corrected chi connectivity index (χ2v) is 11.0. The van der Waals surface area contributed by atoms with Crippen LogP contribution in [0.4, 0.5) is 0 Å². The molecule has 2 heteroatoms. The minimum Gasteiger partial charge on any atom is -0.324 e. The lowest BCUT2D eigenvalue weighted by atomic mass is 9.85. The fraction of sp³-hybridized carbons (Fsp3) is 0.0488. The Kier molecular flexibility index (Phi) is 6.12. The summed E-state index contributed by atoms with van der Waals surface area (Å²) < 4.78 is 2.31. The van der Waals surface area contributed by atoms with Gasteiger partial charge in [0.2, 0.25) is 0 Å². The molecule has 8 aromatic rings. The van der Waals surface area contributed by atoms with Gasteiger partial charge in [0.1, 0.15) is 5.82 Å². The van der Waals surface area contributed by atoms with E-state index in [1.165, 1.54) is 54.9 Å². The Morgan fingerprint density at radius 1 is 0.442 bits per heavy atom. The molecule has 0 aliphatic heterocycles. The molecule has 0 spiro atoms. The van der Waals surface area contributed by atoms with Gasteiger partial charge in [-0.15, -0.1) is 0 Å². The number of aromatic nitrogens is 2. The molecule has 0 bridgehead atoms. The normalized spacial score (nSPS) is 11.5. The summed E-state index contributed by atoms with van der Waals surface area (Å²) in [5.41, 5.74) is 10.7. The van der Waals surface area contributed by atoms with E-state index in [-0.39, 0.29) is 0 Å². The van der Waals surface area contributed by atoms with Crippen LogP contribution in [0.25, 0.3) is 77.3 Å². The molecule has 0 saturated carbocycles. The smallest absolute Gasteiger partial charge is 0.141 e. The summed E-state index contributed by atoms with van der Waals surface area (Å²) in [6, 6.07) is 54.6. The predicted molar refractivity (Wildman–Crippen MR) is 182 cm³/mol. The van der Waals surface area contributed by atoms with Crippen molar-refractivity contribution >= 4 is 32.6 Å². The van der Waals surface area contributed by atoms with E-state index in [4.69, 9.17) is 4.98 Å². The van der Waals surface area contributed by atoms with Crippen LogP contribution in [0.2, 0.25) is 0 Å². The highest BCUT2D eigenvalue weighted by atomic mass is 15.1.